The number of H-pyrrole nitrogens is 1. The molecule has 1 aromatic heterocycles. The van der Waals surface area contributed by atoms with Gasteiger partial charge in [0.15, 0.2) is 0 Å². The van der Waals surface area contributed by atoms with Crippen LogP contribution in [0.3, 0.4) is 0 Å². The summed E-state index contributed by atoms with van der Waals surface area (Å²) < 4.78 is 0. The molecule has 344 valence electrons. The molecule has 0 aliphatic carbocycles. The van der Waals surface area contributed by atoms with Crippen LogP contribution in [-0.2, 0) is 0 Å². The molecule has 1 N–H and O–H groups in total. The molecule has 1 heterocycles. The van der Waals surface area contributed by atoms with E-state index in [-0.39, 0.29) is 0 Å². The lowest BCUT2D eigenvalue weighted by molar-refractivity contribution is 0.772. The van der Waals surface area contributed by atoms with Gasteiger partial charge in [-0.15, -0.1) is 29.9 Å². The lowest BCUT2D eigenvalue weighted by atomic mass is 10.2. The Hall–Kier alpha value is -6.10. The summed E-state index contributed by atoms with van der Waals surface area (Å²) in [4.78, 5) is 0. The van der Waals surface area contributed by atoms with Crippen LogP contribution in [0.2, 0.25) is 0 Å². The Labute approximate surface area is 383 Å². The minimum Gasteiger partial charge on any atom is -0.192 e. The zero-order valence-corrected chi connectivity index (χ0v) is 42.1. The van der Waals surface area contributed by atoms with E-state index in [9.17, 15) is 0 Å². The number of rotatable bonds is 3. The van der Waals surface area contributed by atoms with E-state index in [4.69, 9.17) is 15.8 Å². The van der Waals surface area contributed by atoms with E-state index >= 15 is 0 Å². The number of hydrogen-bond acceptors (Lipinski definition) is 6. The molecule has 7 nitrogen and oxygen atoms in total. The van der Waals surface area contributed by atoms with Gasteiger partial charge in [0, 0.05) is 5.56 Å². The Kier molecular flexibility index (Phi) is 93.7. The van der Waals surface area contributed by atoms with Gasteiger partial charge < -0.3 is 0 Å². The highest BCUT2D eigenvalue weighted by atomic mass is 15.5. The van der Waals surface area contributed by atoms with Crippen molar-refractivity contribution < 1.29 is 0 Å². The normalized spacial score (nSPS) is 7.29. The van der Waals surface area contributed by atoms with Gasteiger partial charge in [-0.05, 0) is 48.5 Å². The quantitative estimate of drug-likeness (QED) is 0.180. The fourth-order valence-corrected chi connectivity index (χ4v) is 2.76. The molecule has 0 spiro atoms. The fraction of sp³-hybridized carbons (Fsp3) is 0.418. The molecular formula is C55H89N7. The van der Waals surface area contributed by atoms with Crippen molar-refractivity contribution in [3.05, 3.63) is 164 Å². The maximum Gasteiger partial charge on any atom is 0.204 e. The summed E-state index contributed by atoms with van der Waals surface area (Å²) in [6.07, 6.45) is 12.1. The summed E-state index contributed by atoms with van der Waals surface area (Å²) in [5.74, 6) is 0.630. The third-order valence-electron chi connectivity index (χ3n) is 4.79. The smallest absolute Gasteiger partial charge is 0.192 e. The second kappa shape index (κ2) is 79.1. The van der Waals surface area contributed by atoms with Crippen LogP contribution in [0, 0.1) is 34.0 Å². The van der Waals surface area contributed by atoms with Gasteiger partial charge in [0.05, 0.1) is 34.9 Å². The number of aromatic nitrogens is 4. The zero-order valence-electron chi connectivity index (χ0n) is 42.1. The first-order valence-electron chi connectivity index (χ1n) is 22.4. The zero-order chi connectivity index (χ0) is 49.3. The summed E-state index contributed by atoms with van der Waals surface area (Å²) in [5.41, 5.74) is 3.12. The Bertz CT molecular complexity index is 1410. The SMILES string of the molecule is C=C.C=CC.CC.CCC.CCC.CCC.CCC.CCC.CCCCC.N#Cc1ccccc1.N#Cc1ccccc1.N#Cc1ccccc1.c1ccc(-c2nn[nH]n2)cc1. The van der Waals surface area contributed by atoms with Crippen molar-refractivity contribution in [2.45, 2.75) is 155 Å². The second-order valence-corrected chi connectivity index (χ2v) is 11.8. The van der Waals surface area contributed by atoms with Crippen LogP contribution in [0.25, 0.3) is 11.4 Å². The molecule has 0 unspecified atom stereocenters. The highest BCUT2D eigenvalue weighted by Gasteiger charge is 1.98. The fourth-order valence-electron chi connectivity index (χ4n) is 2.76. The van der Waals surface area contributed by atoms with Crippen LogP contribution in [0.1, 0.15) is 172 Å². The van der Waals surface area contributed by atoms with E-state index in [0.717, 1.165) is 5.56 Å². The molecule has 5 rings (SSSR count). The van der Waals surface area contributed by atoms with E-state index in [1.54, 1.807) is 42.5 Å². The molecule has 0 radical (unpaired) electrons. The molecule has 0 saturated heterocycles. The molecule has 0 amide bonds. The van der Waals surface area contributed by atoms with Gasteiger partial charge in [-0.25, -0.2) is 0 Å². The number of nitrogens with zero attached hydrogens (tertiary/aromatic N) is 6. The molecule has 7 heteroatoms. The van der Waals surface area contributed by atoms with E-state index in [0.29, 0.717) is 22.5 Å². The average Bonchev–Trinajstić information content (AvgIpc) is 3.87. The van der Waals surface area contributed by atoms with Crippen LogP contribution < -0.4 is 0 Å². The van der Waals surface area contributed by atoms with E-state index in [2.05, 4.69) is 123 Å². The number of allylic oxidation sites excluding steroid dienone is 1. The molecule has 0 aliphatic heterocycles. The predicted octanol–water partition coefficient (Wildman–Crippen LogP) is 17.8. The third-order valence-corrected chi connectivity index (χ3v) is 4.79. The van der Waals surface area contributed by atoms with Crippen molar-refractivity contribution in [1.29, 1.82) is 15.8 Å². The summed E-state index contributed by atoms with van der Waals surface area (Å²) in [5, 5.41) is 38.4. The molecule has 0 fully saturated rings. The van der Waals surface area contributed by atoms with Gasteiger partial charge in [0.1, 0.15) is 0 Å². The first-order chi connectivity index (χ1) is 30.2. The minimum atomic E-state index is 0.630. The number of tetrazole rings is 1. The molecule has 5 aromatic rings. The molecule has 4 aromatic carbocycles. The van der Waals surface area contributed by atoms with Gasteiger partial charge in [0.25, 0.3) is 0 Å². The Balaban J connectivity index is -0.0000000888. The van der Waals surface area contributed by atoms with Crippen LogP contribution in [0.15, 0.2) is 147 Å². The Morgan fingerprint density at radius 1 is 0.484 bits per heavy atom. The maximum atomic E-state index is 8.29. The van der Waals surface area contributed by atoms with Crippen molar-refractivity contribution in [2.24, 2.45) is 0 Å². The predicted molar refractivity (Wildman–Crippen MR) is 277 cm³/mol. The maximum absolute atomic E-state index is 8.29. The van der Waals surface area contributed by atoms with Gasteiger partial charge in [0.2, 0.25) is 5.82 Å². The summed E-state index contributed by atoms with van der Waals surface area (Å²) in [7, 11) is 0. The lowest BCUT2D eigenvalue weighted by Crippen LogP contribution is -1.78. The molecular weight excluding hydrogens is 759 g/mol. The van der Waals surface area contributed by atoms with Crippen molar-refractivity contribution >= 4 is 0 Å². The summed E-state index contributed by atoms with van der Waals surface area (Å²) in [6, 6.07) is 43.2. The largest absolute Gasteiger partial charge is 0.204 e. The van der Waals surface area contributed by atoms with E-state index in [1.807, 2.05) is 124 Å². The van der Waals surface area contributed by atoms with E-state index < -0.39 is 0 Å². The Morgan fingerprint density at radius 3 is 0.855 bits per heavy atom. The van der Waals surface area contributed by atoms with Crippen LogP contribution >= 0.6 is 0 Å². The molecule has 0 aliphatic rings. The highest BCUT2D eigenvalue weighted by molar-refractivity contribution is 5.52. The number of nitriles is 3. The average molecular weight is 848 g/mol. The standard InChI is InChI=1S/C7H6N4.3C7H5N.C5H12.5C3H8.C3H6.C2H6.C2H4/c1-2-4-6(5-3-1)7-8-10-11-9-7;3*8-6-7-4-2-1-3-5-7;1-3-5-4-2;6*1-3-2;2*1-2/h1-5H,(H,8,9,10,11);3*1-5H;3-5H2,1-2H3;5*3H2,1-2H3;3H,1H2,2H3;1-2H3;1-2H2. The van der Waals surface area contributed by atoms with Crippen LogP contribution in [0.4, 0.5) is 0 Å². The first kappa shape index (κ1) is 73.4. The highest BCUT2D eigenvalue weighted by Crippen LogP contribution is 2.10. The minimum absolute atomic E-state index is 0.630. The van der Waals surface area contributed by atoms with Crippen LogP contribution in [-0.4, -0.2) is 20.6 Å². The topological polar surface area (TPSA) is 126 Å². The van der Waals surface area contributed by atoms with Gasteiger partial charge >= 0.3 is 0 Å². The van der Waals surface area contributed by atoms with Gasteiger partial charge in [-0.2, -0.15) is 21.0 Å². The molecule has 0 bridgehead atoms. The number of unbranched alkanes of at least 4 members (excludes halogenated alkanes) is 2. The molecule has 0 saturated carbocycles. The first-order valence-corrected chi connectivity index (χ1v) is 22.4. The van der Waals surface area contributed by atoms with Crippen molar-refractivity contribution in [1.82, 2.24) is 20.6 Å². The monoisotopic (exact) mass is 848 g/mol. The summed E-state index contributed by atoms with van der Waals surface area (Å²) in [6.45, 7) is 40.9. The van der Waals surface area contributed by atoms with Crippen LogP contribution in [0.5, 0.6) is 0 Å². The third kappa shape index (κ3) is 74.8. The molecule has 62 heavy (non-hydrogen) atoms. The number of hydrogen-bond donors (Lipinski definition) is 1. The Morgan fingerprint density at radius 2 is 0.710 bits per heavy atom. The second-order valence-electron chi connectivity index (χ2n) is 11.8. The summed E-state index contributed by atoms with van der Waals surface area (Å²) >= 11 is 0. The molecule has 0 atom stereocenters. The number of aromatic amines is 1. The number of benzene rings is 4. The van der Waals surface area contributed by atoms with Crippen molar-refractivity contribution in [2.75, 3.05) is 0 Å². The van der Waals surface area contributed by atoms with E-state index in [1.165, 1.54) is 51.4 Å². The van der Waals surface area contributed by atoms with Crippen molar-refractivity contribution in [3.63, 3.8) is 0 Å². The number of nitrogens with one attached hydrogen (secondary N) is 1. The van der Waals surface area contributed by atoms with Crippen molar-refractivity contribution in [3.8, 4) is 29.6 Å². The van der Waals surface area contributed by atoms with Gasteiger partial charge in [-0.3, -0.25) is 0 Å². The van der Waals surface area contributed by atoms with Gasteiger partial charge in [-0.1, -0.05) is 239 Å². The lowest BCUT2D eigenvalue weighted by Gasteiger charge is -1.89.